The number of nitrogens with one attached hydrogen (secondary N) is 1. The second-order valence-electron chi connectivity index (χ2n) is 4.59. The molecule has 0 fully saturated rings. The summed E-state index contributed by atoms with van der Waals surface area (Å²) < 4.78 is 5.13. The highest BCUT2D eigenvalue weighted by Gasteiger charge is 2.07. The molecule has 0 radical (unpaired) electrons. The number of methoxy groups -OCH3 is 1. The summed E-state index contributed by atoms with van der Waals surface area (Å²) in [5.41, 5.74) is 2.86. The largest absolute Gasteiger partial charge is 0.495 e. The molecule has 0 aliphatic carbocycles. The molecular formula is C16H18ClNO2. The molecule has 2 N–H and O–H groups in total. The zero-order valence-corrected chi connectivity index (χ0v) is 12.3. The van der Waals surface area contributed by atoms with Crippen molar-refractivity contribution in [1.82, 2.24) is 0 Å². The van der Waals surface area contributed by atoms with Crippen LogP contribution in [0.25, 0.3) is 0 Å². The van der Waals surface area contributed by atoms with Crippen LogP contribution < -0.4 is 10.1 Å². The zero-order chi connectivity index (χ0) is 14.5. The highest BCUT2D eigenvalue weighted by atomic mass is 35.5. The van der Waals surface area contributed by atoms with Crippen molar-refractivity contribution in [3.05, 3.63) is 58.6 Å². The molecule has 0 aliphatic rings. The molecule has 0 heterocycles. The van der Waals surface area contributed by atoms with Crippen LogP contribution in [0.3, 0.4) is 0 Å². The Balaban J connectivity index is 2.11. The summed E-state index contributed by atoms with van der Waals surface area (Å²) in [4.78, 5) is 0. The quantitative estimate of drug-likeness (QED) is 0.874. The number of benzene rings is 2. The number of rotatable bonds is 5. The number of para-hydroxylation sites is 1. The minimum atomic E-state index is -0.502. The van der Waals surface area contributed by atoms with Gasteiger partial charge in [0.1, 0.15) is 5.75 Å². The Bertz CT molecular complexity index is 584. The van der Waals surface area contributed by atoms with Crippen LogP contribution in [0.1, 0.15) is 24.2 Å². The Hall–Kier alpha value is -1.71. The van der Waals surface area contributed by atoms with Crippen LogP contribution in [0, 0.1) is 0 Å². The molecule has 0 aliphatic heterocycles. The Labute approximate surface area is 124 Å². The van der Waals surface area contributed by atoms with E-state index in [1.165, 1.54) is 0 Å². The Morgan fingerprint density at radius 1 is 1.25 bits per heavy atom. The minimum Gasteiger partial charge on any atom is -0.495 e. The maximum absolute atomic E-state index is 9.74. The van der Waals surface area contributed by atoms with Gasteiger partial charge in [0.25, 0.3) is 0 Å². The number of aliphatic hydroxyl groups is 1. The first-order valence-electron chi connectivity index (χ1n) is 6.45. The van der Waals surface area contributed by atoms with Gasteiger partial charge in [0.2, 0.25) is 0 Å². The number of hydrogen-bond acceptors (Lipinski definition) is 3. The molecule has 20 heavy (non-hydrogen) atoms. The lowest BCUT2D eigenvalue weighted by atomic mass is 10.1. The molecule has 2 aromatic carbocycles. The van der Waals surface area contributed by atoms with E-state index in [9.17, 15) is 5.11 Å². The van der Waals surface area contributed by atoms with Crippen molar-refractivity contribution in [2.45, 2.75) is 19.6 Å². The molecular weight excluding hydrogens is 274 g/mol. The minimum absolute atomic E-state index is 0.502. The van der Waals surface area contributed by atoms with Crippen molar-refractivity contribution >= 4 is 17.3 Å². The average molecular weight is 292 g/mol. The van der Waals surface area contributed by atoms with Gasteiger partial charge in [0.15, 0.2) is 0 Å². The third-order valence-electron chi connectivity index (χ3n) is 3.11. The number of halogens is 1. The molecule has 3 nitrogen and oxygen atoms in total. The lowest BCUT2D eigenvalue weighted by Crippen LogP contribution is -2.04. The van der Waals surface area contributed by atoms with Gasteiger partial charge >= 0.3 is 0 Å². The second-order valence-corrected chi connectivity index (χ2v) is 4.99. The highest BCUT2D eigenvalue weighted by molar-refractivity contribution is 6.32. The Morgan fingerprint density at radius 2 is 2.00 bits per heavy atom. The van der Waals surface area contributed by atoms with Gasteiger partial charge in [-0.1, -0.05) is 35.9 Å². The maximum Gasteiger partial charge on any atom is 0.137 e. The van der Waals surface area contributed by atoms with Crippen molar-refractivity contribution in [3.63, 3.8) is 0 Å². The summed E-state index contributed by atoms with van der Waals surface area (Å²) in [6.07, 6.45) is -0.502. The smallest absolute Gasteiger partial charge is 0.137 e. The topological polar surface area (TPSA) is 41.5 Å². The Kier molecular flexibility index (Phi) is 4.88. The van der Waals surface area contributed by atoms with E-state index in [0.717, 1.165) is 16.8 Å². The normalized spacial score (nSPS) is 12.0. The summed E-state index contributed by atoms with van der Waals surface area (Å²) in [6.45, 7) is 2.39. The molecule has 2 aromatic rings. The molecule has 2 rings (SSSR count). The van der Waals surface area contributed by atoms with Crippen molar-refractivity contribution in [2.75, 3.05) is 12.4 Å². The number of hydrogen-bond donors (Lipinski definition) is 2. The van der Waals surface area contributed by atoms with Crippen LogP contribution in [-0.2, 0) is 6.54 Å². The molecule has 0 saturated heterocycles. The first kappa shape index (κ1) is 14.7. The summed E-state index contributed by atoms with van der Waals surface area (Å²) in [5, 5.41) is 13.6. The lowest BCUT2D eigenvalue weighted by molar-refractivity contribution is 0.200. The van der Waals surface area contributed by atoms with Gasteiger partial charge < -0.3 is 15.2 Å². The SMILES string of the molecule is COc1ccc(CNc2ccccc2C(C)O)cc1Cl. The van der Waals surface area contributed by atoms with E-state index in [2.05, 4.69) is 5.32 Å². The van der Waals surface area contributed by atoms with Crippen LogP contribution in [-0.4, -0.2) is 12.2 Å². The summed E-state index contributed by atoms with van der Waals surface area (Å²) in [6, 6.07) is 13.4. The van der Waals surface area contributed by atoms with Crippen LogP contribution in [0.15, 0.2) is 42.5 Å². The first-order chi connectivity index (χ1) is 9.61. The number of anilines is 1. The van der Waals surface area contributed by atoms with Crippen molar-refractivity contribution in [1.29, 1.82) is 0 Å². The summed E-state index contributed by atoms with van der Waals surface area (Å²) >= 11 is 6.10. The van der Waals surface area contributed by atoms with Crippen LogP contribution in [0.2, 0.25) is 5.02 Å². The third-order valence-corrected chi connectivity index (χ3v) is 3.41. The van der Waals surface area contributed by atoms with Gasteiger partial charge in [-0.25, -0.2) is 0 Å². The van der Waals surface area contributed by atoms with Crippen molar-refractivity contribution in [3.8, 4) is 5.75 Å². The van der Waals surface area contributed by atoms with Gasteiger partial charge in [-0.2, -0.15) is 0 Å². The van der Waals surface area contributed by atoms with Gasteiger partial charge in [-0.3, -0.25) is 0 Å². The predicted octanol–water partition coefficient (Wildman–Crippen LogP) is 4.01. The fourth-order valence-corrected chi connectivity index (χ4v) is 2.32. The zero-order valence-electron chi connectivity index (χ0n) is 11.6. The highest BCUT2D eigenvalue weighted by Crippen LogP contribution is 2.26. The van der Waals surface area contributed by atoms with Crippen molar-refractivity contribution < 1.29 is 9.84 Å². The molecule has 1 unspecified atom stereocenters. The lowest BCUT2D eigenvalue weighted by Gasteiger charge is -2.14. The van der Waals surface area contributed by atoms with E-state index in [1.54, 1.807) is 14.0 Å². The fourth-order valence-electron chi connectivity index (χ4n) is 2.04. The molecule has 106 valence electrons. The molecule has 0 saturated carbocycles. The molecule has 0 amide bonds. The second kappa shape index (κ2) is 6.64. The molecule has 0 spiro atoms. The average Bonchev–Trinajstić information content (AvgIpc) is 2.45. The van der Waals surface area contributed by atoms with E-state index in [0.29, 0.717) is 17.3 Å². The standard InChI is InChI=1S/C16H18ClNO2/c1-11(19)13-5-3-4-6-15(13)18-10-12-7-8-16(20-2)14(17)9-12/h3-9,11,18-19H,10H2,1-2H3. The van der Waals surface area contributed by atoms with Crippen molar-refractivity contribution in [2.24, 2.45) is 0 Å². The maximum atomic E-state index is 9.74. The number of aliphatic hydroxyl groups excluding tert-OH is 1. The van der Waals surface area contributed by atoms with E-state index in [4.69, 9.17) is 16.3 Å². The third kappa shape index (κ3) is 3.44. The van der Waals surface area contributed by atoms with E-state index in [-0.39, 0.29) is 0 Å². The molecule has 1 atom stereocenters. The van der Waals surface area contributed by atoms with E-state index in [1.807, 2.05) is 42.5 Å². The monoisotopic (exact) mass is 291 g/mol. The molecule has 4 heteroatoms. The van der Waals surface area contributed by atoms with Crippen LogP contribution >= 0.6 is 11.6 Å². The van der Waals surface area contributed by atoms with Gasteiger partial charge in [0.05, 0.1) is 18.2 Å². The van der Waals surface area contributed by atoms with Crippen LogP contribution in [0.4, 0.5) is 5.69 Å². The van der Waals surface area contributed by atoms with Gasteiger partial charge in [-0.15, -0.1) is 0 Å². The van der Waals surface area contributed by atoms with Gasteiger partial charge in [-0.05, 0) is 30.7 Å². The first-order valence-corrected chi connectivity index (χ1v) is 6.83. The molecule has 0 aromatic heterocycles. The summed E-state index contributed by atoms with van der Waals surface area (Å²) in [5.74, 6) is 0.666. The van der Waals surface area contributed by atoms with E-state index < -0.39 is 6.10 Å². The predicted molar refractivity (Wildman–Crippen MR) is 82.4 cm³/mol. The molecule has 0 bridgehead atoms. The summed E-state index contributed by atoms with van der Waals surface area (Å²) in [7, 11) is 1.60. The van der Waals surface area contributed by atoms with E-state index >= 15 is 0 Å². The number of ether oxygens (including phenoxy) is 1. The van der Waals surface area contributed by atoms with Crippen LogP contribution in [0.5, 0.6) is 5.75 Å². The van der Waals surface area contributed by atoms with Gasteiger partial charge in [0, 0.05) is 17.8 Å². The Morgan fingerprint density at radius 3 is 2.65 bits per heavy atom. The fraction of sp³-hybridized carbons (Fsp3) is 0.250.